The summed E-state index contributed by atoms with van der Waals surface area (Å²) in [4.78, 5) is 0. The van der Waals surface area contributed by atoms with Gasteiger partial charge < -0.3 is 0 Å². The van der Waals surface area contributed by atoms with Gasteiger partial charge in [0.2, 0.25) is 0 Å². The molecule has 1 unspecified atom stereocenters. The van der Waals surface area contributed by atoms with Crippen LogP contribution in [-0.2, 0) is 0 Å². The Kier molecular flexibility index (Phi) is 11.6. The van der Waals surface area contributed by atoms with Crippen LogP contribution in [0.1, 0.15) is 205 Å². The maximum absolute atomic E-state index is 2.72. The number of benzene rings is 4. The van der Waals surface area contributed by atoms with E-state index in [-0.39, 0.29) is 0 Å². The molecule has 3 aliphatic rings. The van der Waals surface area contributed by atoms with Crippen molar-refractivity contribution >= 4 is 0 Å². The topological polar surface area (TPSA) is 0 Å². The molecule has 0 bridgehead atoms. The third-order valence-corrected chi connectivity index (χ3v) is 13.9. The summed E-state index contributed by atoms with van der Waals surface area (Å²) in [5.74, 6) is 2.78. The Labute approximate surface area is 311 Å². The van der Waals surface area contributed by atoms with E-state index in [4.69, 9.17) is 0 Å². The molecule has 3 aliphatic carbocycles. The Morgan fingerprint density at radius 1 is 0.392 bits per heavy atom. The van der Waals surface area contributed by atoms with E-state index in [1.165, 1.54) is 135 Å². The van der Waals surface area contributed by atoms with Crippen molar-refractivity contribution in [3.05, 3.63) is 139 Å². The minimum Gasteiger partial charge on any atom is -0.0622 e. The van der Waals surface area contributed by atoms with Gasteiger partial charge in [-0.15, -0.1) is 0 Å². The molecule has 0 amide bonds. The standard InChI is InChI=1S/C51H66/c1-34-27-37(4)47(30-44(34)40-19-11-7-12-20-40)50(43-25-17-10-18-26-43)33-51(48-31-45(35(2)28-38(48)5)41-21-13-8-14-22-41)49-32-46(36(3)29-39(49)6)42-23-15-9-16-24-42/h10,17-18,25-32,40-42,50-51H,7-9,11-16,19-24,33H2,1-6H3. The summed E-state index contributed by atoms with van der Waals surface area (Å²) in [7, 11) is 0. The number of hydrogen-bond acceptors (Lipinski definition) is 0. The second-order valence-electron chi connectivity index (χ2n) is 17.5. The van der Waals surface area contributed by atoms with E-state index in [1.807, 2.05) is 0 Å². The van der Waals surface area contributed by atoms with Gasteiger partial charge in [0.15, 0.2) is 0 Å². The fourth-order valence-electron chi connectivity index (χ4n) is 11.1. The van der Waals surface area contributed by atoms with E-state index in [0.717, 1.165) is 6.42 Å². The molecule has 3 fully saturated rings. The van der Waals surface area contributed by atoms with Crippen molar-refractivity contribution in [3.8, 4) is 0 Å². The van der Waals surface area contributed by atoms with Gasteiger partial charge in [-0.2, -0.15) is 0 Å². The second kappa shape index (κ2) is 16.3. The van der Waals surface area contributed by atoms with Crippen molar-refractivity contribution in [2.75, 3.05) is 0 Å². The van der Waals surface area contributed by atoms with E-state index in [9.17, 15) is 0 Å². The summed E-state index contributed by atoms with van der Waals surface area (Å²) in [5, 5.41) is 0. The molecule has 4 aromatic rings. The van der Waals surface area contributed by atoms with Gasteiger partial charge >= 0.3 is 0 Å². The van der Waals surface area contributed by atoms with Gasteiger partial charge in [0.25, 0.3) is 0 Å². The van der Waals surface area contributed by atoms with Gasteiger partial charge in [0.05, 0.1) is 0 Å². The molecular formula is C51H66. The Hall–Kier alpha value is -3.12. The summed E-state index contributed by atoms with van der Waals surface area (Å²) < 4.78 is 0. The van der Waals surface area contributed by atoms with Crippen molar-refractivity contribution in [3.63, 3.8) is 0 Å². The molecule has 0 heterocycles. The summed E-state index contributed by atoms with van der Waals surface area (Å²) >= 11 is 0. The fraction of sp³-hybridized carbons (Fsp3) is 0.529. The first-order valence-corrected chi connectivity index (χ1v) is 21.2. The van der Waals surface area contributed by atoms with Gasteiger partial charge in [-0.25, -0.2) is 0 Å². The van der Waals surface area contributed by atoms with Crippen LogP contribution >= 0.6 is 0 Å². The van der Waals surface area contributed by atoms with E-state index in [0.29, 0.717) is 29.6 Å². The van der Waals surface area contributed by atoms with Crippen LogP contribution < -0.4 is 0 Å². The van der Waals surface area contributed by atoms with Crippen molar-refractivity contribution in [2.24, 2.45) is 0 Å². The third kappa shape index (κ3) is 7.97. The Morgan fingerprint density at radius 2 is 0.725 bits per heavy atom. The molecule has 0 saturated heterocycles. The monoisotopic (exact) mass is 679 g/mol. The van der Waals surface area contributed by atoms with E-state index < -0.39 is 0 Å². The minimum absolute atomic E-state index is 0.330. The van der Waals surface area contributed by atoms with Crippen LogP contribution in [-0.4, -0.2) is 0 Å². The van der Waals surface area contributed by atoms with Crippen molar-refractivity contribution < 1.29 is 0 Å². The van der Waals surface area contributed by atoms with Gasteiger partial charge in [0.1, 0.15) is 0 Å². The minimum atomic E-state index is 0.330. The van der Waals surface area contributed by atoms with Crippen LogP contribution in [0.4, 0.5) is 0 Å². The molecule has 3 saturated carbocycles. The van der Waals surface area contributed by atoms with Crippen LogP contribution in [0.15, 0.2) is 66.7 Å². The Morgan fingerprint density at radius 3 is 1.08 bits per heavy atom. The molecular weight excluding hydrogens is 613 g/mol. The second-order valence-corrected chi connectivity index (χ2v) is 17.5. The lowest BCUT2D eigenvalue weighted by Crippen LogP contribution is -2.16. The summed E-state index contributed by atoms with van der Waals surface area (Å²) in [6, 6.07) is 27.4. The average Bonchev–Trinajstić information content (AvgIpc) is 3.15. The predicted molar refractivity (Wildman–Crippen MR) is 220 cm³/mol. The lowest BCUT2D eigenvalue weighted by Gasteiger charge is -2.33. The van der Waals surface area contributed by atoms with Crippen LogP contribution in [0, 0.1) is 41.5 Å². The Balaban J connectivity index is 1.41. The lowest BCUT2D eigenvalue weighted by atomic mass is 9.71. The van der Waals surface area contributed by atoms with Gasteiger partial charge in [-0.1, -0.05) is 125 Å². The first-order valence-electron chi connectivity index (χ1n) is 21.2. The van der Waals surface area contributed by atoms with Gasteiger partial charge in [-0.05, 0) is 177 Å². The molecule has 0 aromatic heterocycles. The molecule has 7 rings (SSSR count). The van der Waals surface area contributed by atoms with Gasteiger partial charge in [0, 0.05) is 11.8 Å². The van der Waals surface area contributed by atoms with E-state index in [1.54, 1.807) is 33.4 Å². The van der Waals surface area contributed by atoms with Crippen LogP contribution in [0.5, 0.6) is 0 Å². The Bertz CT molecular complexity index is 1700. The van der Waals surface area contributed by atoms with E-state index >= 15 is 0 Å². The SMILES string of the molecule is Cc1cc(C)c(C(CC(c2cc(C3CCCCC3)c(C)cc2C)c2cc(C3CCCCC3)c(C)cc2C)c2ccccc2)cc1C1CCCCC1. The van der Waals surface area contributed by atoms with E-state index in [2.05, 4.69) is 108 Å². The summed E-state index contributed by atoms with van der Waals surface area (Å²) in [6.45, 7) is 14.4. The predicted octanol–water partition coefficient (Wildman–Crippen LogP) is 15.0. The largest absolute Gasteiger partial charge is 0.0622 e. The van der Waals surface area contributed by atoms with Crippen molar-refractivity contribution in [1.82, 2.24) is 0 Å². The molecule has 0 N–H and O–H groups in total. The smallest absolute Gasteiger partial charge is 0.0104 e. The maximum atomic E-state index is 2.72. The number of hydrogen-bond donors (Lipinski definition) is 0. The van der Waals surface area contributed by atoms with Crippen LogP contribution in [0.2, 0.25) is 0 Å². The van der Waals surface area contributed by atoms with Gasteiger partial charge in [-0.3, -0.25) is 0 Å². The highest BCUT2D eigenvalue weighted by molar-refractivity contribution is 5.51. The fourth-order valence-corrected chi connectivity index (χ4v) is 11.1. The van der Waals surface area contributed by atoms with Crippen molar-refractivity contribution in [2.45, 2.75) is 174 Å². The molecule has 270 valence electrons. The molecule has 0 radical (unpaired) electrons. The molecule has 51 heavy (non-hydrogen) atoms. The summed E-state index contributed by atoms with van der Waals surface area (Å²) in [6.07, 6.45) is 21.7. The molecule has 4 aromatic carbocycles. The average molecular weight is 679 g/mol. The highest BCUT2D eigenvalue weighted by Gasteiger charge is 2.30. The highest BCUT2D eigenvalue weighted by atomic mass is 14.3. The molecule has 1 atom stereocenters. The quantitative estimate of drug-likeness (QED) is 0.165. The maximum Gasteiger partial charge on any atom is 0.0104 e. The van der Waals surface area contributed by atoms with Crippen LogP contribution in [0.25, 0.3) is 0 Å². The number of rotatable bonds is 9. The molecule has 0 spiro atoms. The lowest BCUT2D eigenvalue weighted by molar-refractivity contribution is 0.441. The summed E-state index contributed by atoms with van der Waals surface area (Å²) in [5.41, 5.74) is 20.1. The first-order chi connectivity index (χ1) is 24.8. The first kappa shape index (κ1) is 36.2. The molecule has 0 heteroatoms. The van der Waals surface area contributed by atoms with Crippen molar-refractivity contribution in [1.29, 1.82) is 0 Å². The highest BCUT2D eigenvalue weighted by Crippen LogP contribution is 2.47. The zero-order chi connectivity index (χ0) is 35.5. The normalized spacial score (nSPS) is 18.7. The molecule has 0 aliphatic heterocycles. The molecule has 0 nitrogen and oxygen atoms in total. The zero-order valence-electron chi connectivity index (χ0n) is 33.1. The zero-order valence-corrected chi connectivity index (χ0v) is 33.1. The third-order valence-electron chi connectivity index (χ3n) is 13.9. The van der Waals surface area contributed by atoms with Crippen LogP contribution in [0.3, 0.4) is 0 Å². The number of aryl methyl sites for hydroxylation is 6.